The second-order valence-corrected chi connectivity index (χ2v) is 3.58. The van der Waals surface area contributed by atoms with Gasteiger partial charge < -0.3 is 10.0 Å². The summed E-state index contributed by atoms with van der Waals surface area (Å²) in [6, 6.07) is 3.30. The standard InChI is InChI=1S/C10H12F3NO/c1-14(2)6-7-3-4-8(15)5-9(7)10(11,12)13/h3-5,15H,6H2,1-2H3. The molecule has 1 rings (SSSR count). The van der Waals surface area contributed by atoms with Gasteiger partial charge in [0.1, 0.15) is 5.75 Å². The molecule has 0 unspecified atom stereocenters. The number of hydrogen-bond acceptors (Lipinski definition) is 2. The number of halogens is 3. The van der Waals surface area contributed by atoms with Crippen LogP contribution in [-0.4, -0.2) is 24.1 Å². The van der Waals surface area contributed by atoms with Gasteiger partial charge in [-0.05, 0) is 31.8 Å². The average Bonchev–Trinajstić information content (AvgIpc) is 2.05. The fourth-order valence-electron chi connectivity index (χ4n) is 1.31. The number of benzene rings is 1. The molecule has 1 aromatic carbocycles. The fraction of sp³-hybridized carbons (Fsp3) is 0.400. The first kappa shape index (κ1) is 11.8. The predicted octanol–water partition coefficient (Wildman–Crippen LogP) is 2.47. The van der Waals surface area contributed by atoms with Crippen LogP contribution < -0.4 is 0 Å². The largest absolute Gasteiger partial charge is 0.508 e. The number of alkyl halides is 3. The minimum atomic E-state index is -4.43. The normalized spacial score (nSPS) is 12.1. The molecule has 0 aliphatic carbocycles. The lowest BCUT2D eigenvalue weighted by Gasteiger charge is -2.16. The van der Waals surface area contributed by atoms with Crippen LogP contribution in [-0.2, 0) is 12.7 Å². The molecule has 0 aliphatic heterocycles. The highest BCUT2D eigenvalue weighted by atomic mass is 19.4. The van der Waals surface area contributed by atoms with E-state index in [9.17, 15) is 13.2 Å². The fourth-order valence-corrected chi connectivity index (χ4v) is 1.31. The van der Waals surface area contributed by atoms with Crippen molar-refractivity contribution in [2.75, 3.05) is 14.1 Å². The molecule has 0 bridgehead atoms. The van der Waals surface area contributed by atoms with E-state index in [1.54, 1.807) is 19.0 Å². The molecule has 0 fully saturated rings. The summed E-state index contributed by atoms with van der Waals surface area (Å²) >= 11 is 0. The second kappa shape index (κ2) is 4.10. The second-order valence-electron chi connectivity index (χ2n) is 3.58. The molecule has 0 amide bonds. The third-order valence-electron chi connectivity index (χ3n) is 1.89. The van der Waals surface area contributed by atoms with E-state index in [0.29, 0.717) is 0 Å². The summed E-state index contributed by atoms with van der Waals surface area (Å²) in [5.41, 5.74) is -0.624. The molecule has 0 atom stereocenters. The number of nitrogens with zero attached hydrogens (tertiary/aromatic N) is 1. The van der Waals surface area contributed by atoms with Crippen LogP contribution in [0.5, 0.6) is 5.75 Å². The van der Waals surface area contributed by atoms with Crippen molar-refractivity contribution in [3.8, 4) is 5.75 Å². The van der Waals surface area contributed by atoms with Gasteiger partial charge in [0.2, 0.25) is 0 Å². The summed E-state index contributed by atoms with van der Waals surface area (Å²) in [5, 5.41) is 9.02. The monoisotopic (exact) mass is 219 g/mol. The van der Waals surface area contributed by atoms with Crippen molar-refractivity contribution in [1.82, 2.24) is 4.90 Å². The minimum Gasteiger partial charge on any atom is -0.508 e. The van der Waals surface area contributed by atoms with E-state index in [0.717, 1.165) is 6.07 Å². The quantitative estimate of drug-likeness (QED) is 0.825. The van der Waals surface area contributed by atoms with Gasteiger partial charge in [-0.3, -0.25) is 0 Å². The molecule has 0 aliphatic rings. The van der Waals surface area contributed by atoms with E-state index >= 15 is 0 Å². The van der Waals surface area contributed by atoms with Crippen molar-refractivity contribution < 1.29 is 18.3 Å². The Morgan fingerprint density at radius 2 is 1.87 bits per heavy atom. The summed E-state index contributed by atoms with van der Waals surface area (Å²) in [5.74, 6) is -0.371. The lowest BCUT2D eigenvalue weighted by Crippen LogP contribution is -2.16. The van der Waals surface area contributed by atoms with Crippen molar-refractivity contribution >= 4 is 0 Å². The van der Waals surface area contributed by atoms with Crippen LogP contribution in [0.4, 0.5) is 13.2 Å². The smallest absolute Gasteiger partial charge is 0.416 e. The van der Waals surface area contributed by atoms with Gasteiger partial charge in [0.25, 0.3) is 0 Å². The van der Waals surface area contributed by atoms with Gasteiger partial charge in [-0.25, -0.2) is 0 Å². The first-order valence-corrected chi connectivity index (χ1v) is 4.34. The molecule has 0 heterocycles. The van der Waals surface area contributed by atoms with E-state index < -0.39 is 11.7 Å². The molecule has 0 saturated heterocycles. The molecule has 2 nitrogen and oxygen atoms in total. The number of phenols is 1. The van der Waals surface area contributed by atoms with Crippen molar-refractivity contribution in [2.24, 2.45) is 0 Å². The summed E-state index contributed by atoms with van der Waals surface area (Å²) < 4.78 is 37.6. The lowest BCUT2D eigenvalue weighted by molar-refractivity contribution is -0.138. The molecule has 0 saturated carbocycles. The zero-order chi connectivity index (χ0) is 11.6. The molecule has 5 heteroatoms. The topological polar surface area (TPSA) is 23.5 Å². The number of rotatable bonds is 2. The van der Waals surface area contributed by atoms with Crippen molar-refractivity contribution in [3.05, 3.63) is 29.3 Å². The van der Waals surface area contributed by atoms with Crippen molar-refractivity contribution in [2.45, 2.75) is 12.7 Å². The predicted molar refractivity (Wildman–Crippen MR) is 50.5 cm³/mol. The maximum atomic E-state index is 12.5. The Hall–Kier alpha value is -1.23. The molecular formula is C10H12F3NO. The number of phenolic OH excluding ortho intramolecular Hbond substituents is 1. The minimum absolute atomic E-state index is 0.158. The van der Waals surface area contributed by atoms with Gasteiger partial charge in [-0.1, -0.05) is 6.07 Å². The molecule has 0 radical (unpaired) electrons. The van der Waals surface area contributed by atoms with Crippen LogP contribution in [0.15, 0.2) is 18.2 Å². The molecule has 0 aromatic heterocycles. The summed E-state index contributed by atoms with van der Waals surface area (Å²) in [6.07, 6.45) is -4.43. The Balaban J connectivity index is 3.15. The summed E-state index contributed by atoms with van der Waals surface area (Å²) in [6.45, 7) is 0.190. The third kappa shape index (κ3) is 3.13. The van der Waals surface area contributed by atoms with Gasteiger partial charge in [0.15, 0.2) is 0 Å². The highest BCUT2D eigenvalue weighted by Crippen LogP contribution is 2.34. The zero-order valence-electron chi connectivity index (χ0n) is 8.47. The van der Waals surface area contributed by atoms with Gasteiger partial charge in [0.05, 0.1) is 5.56 Å². The van der Waals surface area contributed by atoms with Crippen LogP contribution in [0.25, 0.3) is 0 Å². The van der Waals surface area contributed by atoms with Crippen LogP contribution in [0.2, 0.25) is 0 Å². The zero-order valence-corrected chi connectivity index (χ0v) is 8.47. The van der Waals surface area contributed by atoms with Crippen molar-refractivity contribution in [3.63, 3.8) is 0 Å². The van der Waals surface area contributed by atoms with Gasteiger partial charge >= 0.3 is 6.18 Å². The molecule has 15 heavy (non-hydrogen) atoms. The molecule has 1 N–H and O–H groups in total. The number of hydrogen-bond donors (Lipinski definition) is 1. The lowest BCUT2D eigenvalue weighted by atomic mass is 10.1. The molecule has 0 spiro atoms. The maximum absolute atomic E-state index is 12.5. The average molecular weight is 219 g/mol. The summed E-state index contributed by atoms with van der Waals surface area (Å²) in [7, 11) is 3.38. The Morgan fingerprint density at radius 1 is 1.27 bits per heavy atom. The van der Waals surface area contributed by atoms with Crippen LogP contribution >= 0.6 is 0 Å². The number of aromatic hydroxyl groups is 1. The van der Waals surface area contributed by atoms with Gasteiger partial charge in [-0.2, -0.15) is 13.2 Å². The summed E-state index contributed by atoms with van der Waals surface area (Å²) in [4.78, 5) is 1.64. The maximum Gasteiger partial charge on any atom is 0.416 e. The van der Waals surface area contributed by atoms with Crippen LogP contribution in [0.3, 0.4) is 0 Å². The first-order chi connectivity index (χ1) is 6.80. The Morgan fingerprint density at radius 3 is 2.33 bits per heavy atom. The highest BCUT2D eigenvalue weighted by Gasteiger charge is 2.33. The molecule has 1 aromatic rings. The Bertz CT molecular complexity index is 347. The Labute approximate surface area is 85.9 Å². The van der Waals surface area contributed by atoms with Crippen LogP contribution in [0.1, 0.15) is 11.1 Å². The van der Waals surface area contributed by atoms with Crippen molar-refractivity contribution in [1.29, 1.82) is 0 Å². The van der Waals surface area contributed by atoms with E-state index in [-0.39, 0.29) is 17.9 Å². The van der Waals surface area contributed by atoms with E-state index in [1.165, 1.54) is 12.1 Å². The van der Waals surface area contributed by atoms with E-state index in [1.807, 2.05) is 0 Å². The third-order valence-corrected chi connectivity index (χ3v) is 1.89. The van der Waals surface area contributed by atoms with E-state index in [2.05, 4.69) is 0 Å². The molecular weight excluding hydrogens is 207 g/mol. The Kier molecular flexibility index (Phi) is 3.24. The van der Waals surface area contributed by atoms with Crippen LogP contribution in [0, 0.1) is 0 Å². The SMILES string of the molecule is CN(C)Cc1ccc(O)cc1C(F)(F)F. The molecule has 84 valence electrons. The first-order valence-electron chi connectivity index (χ1n) is 4.34. The van der Waals surface area contributed by atoms with Gasteiger partial charge in [-0.15, -0.1) is 0 Å². The van der Waals surface area contributed by atoms with Gasteiger partial charge in [0, 0.05) is 6.54 Å². The highest BCUT2D eigenvalue weighted by molar-refractivity contribution is 5.36. The van der Waals surface area contributed by atoms with E-state index in [4.69, 9.17) is 5.11 Å².